The van der Waals surface area contributed by atoms with Gasteiger partial charge in [0.25, 0.3) is 0 Å². The van der Waals surface area contributed by atoms with Crippen molar-refractivity contribution in [2.45, 2.75) is 59.8 Å². The molecule has 4 nitrogen and oxygen atoms in total. The molecule has 0 aromatic rings. The van der Waals surface area contributed by atoms with Crippen LogP contribution >= 0.6 is 0 Å². The zero-order valence-electron chi connectivity index (χ0n) is 18.3. The van der Waals surface area contributed by atoms with Crippen LogP contribution in [0.25, 0.3) is 0 Å². The molecule has 0 aliphatic carbocycles. The second-order valence-electron chi connectivity index (χ2n) is 7.81. The molecule has 1 spiro atoms. The van der Waals surface area contributed by atoms with Crippen LogP contribution in [0.4, 0.5) is 0 Å². The van der Waals surface area contributed by atoms with E-state index in [1.165, 1.54) is 64.8 Å². The van der Waals surface area contributed by atoms with Crippen LogP contribution in [0.3, 0.4) is 0 Å². The van der Waals surface area contributed by atoms with E-state index >= 15 is 0 Å². The summed E-state index contributed by atoms with van der Waals surface area (Å²) in [7, 11) is 0. The van der Waals surface area contributed by atoms with E-state index in [1.54, 1.807) is 0 Å². The van der Waals surface area contributed by atoms with Gasteiger partial charge in [-0.3, -0.25) is 4.99 Å². The number of hydrogen-bond acceptors (Lipinski definition) is 4. The Balaban J connectivity index is 0.000000665. The van der Waals surface area contributed by atoms with Crippen LogP contribution in [0.5, 0.6) is 0 Å². The summed E-state index contributed by atoms with van der Waals surface area (Å²) >= 11 is 0. The SMILES string of the molecule is C1=NCCC(CN2CCC3(CC2)CNC3)CCN/C=C/C=C\1.CC.CCC. The van der Waals surface area contributed by atoms with Crippen LogP contribution in [0.2, 0.25) is 0 Å². The number of allylic oxidation sites excluding steroid dienone is 3. The van der Waals surface area contributed by atoms with Crippen LogP contribution in [0.15, 0.2) is 29.4 Å². The van der Waals surface area contributed by atoms with E-state index in [4.69, 9.17) is 0 Å². The predicted molar refractivity (Wildman–Crippen MR) is 121 cm³/mol. The average Bonchev–Trinajstić information content (AvgIpc) is 2.66. The predicted octanol–water partition coefficient (Wildman–Crippen LogP) is 4.25. The Hall–Kier alpha value is -1.13. The molecular weight excluding hydrogens is 332 g/mol. The molecule has 156 valence electrons. The van der Waals surface area contributed by atoms with Gasteiger partial charge in [0.1, 0.15) is 0 Å². The molecule has 3 aliphatic rings. The highest BCUT2D eigenvalue weighted by atomic mass is 15.1. The number of nitrogens with zero attached hydrogens (tertiary/aromatic N) is 2. The van der Waals surface area contributed by atoms with E-state index in [0.29, 0.717) is 5.41 Å². The standard InChI is InChI=1S/C18H30N4.C3H8.C2H6/c1-2-8-19-10-4-17(5-11-20-9-3-1)14-22-12-6-18(7-13-22)15-21-16-18;1-3-2;1-2/h1-3,8-9,17,19,21H,4-7,10-16H2;3H2,1-2H3;1-2H3/b3-1-,8-2+,20-9?;;. The van der Waals surface area contributed by atoms with Gasteiger partial charge in [0, 0.05) is 38.9 Å². The van der Waals surface area contributed by atoms with Crippen LogP contribution in [-0.2, 0) is 0 Å². The first kappa shape index (κ1) is 23.9. The molecule has 1 atom stereocenters. The lowest BCUT2D eigenvalue weighted by atomic mass is 9.73. The number of aliphatic imine (C=N–C) groups is 1. The maximum Gasteiger partial charge on any atom is 0.0392 e. The quantitative estimate of drug-likeness (QED) is 0.757. The van der Waals surface area contributed by atoms with Gasteiger partial charge >= 0.3 is 0 Å². The summed E-state index contributed by atoms with van der Waals surface area (Å²) in [5.41, 5.74) is 0.659. The van der Waals surface area contributed by atoms with E-state index in [0.717, 1.165) is 19.0 Å². The lowest BCUT2D eigenvalue weighted by Gasteiger charge is -2.48. The molecule has 2 saturated heterocycles. The van der Waals surface area contributed by atoms with Crippen molar-refractivity contribution in [2.75, 3.05) is 45.8 Å². The molecule has 2 N–H and O–H groups in total. The Morgan fingerprint density at radius 2 is 1.74 bits per heavy atom. The Morgan fingerprint density at radius 1 is 1.04 bits per heavy atom. The zero-order valence-corrected chi connectivity index (χ0v) is 18.3. The van der Waals surface area contributed by atoms with E-state index in [1.807, 2.05) is 44.5 Å². The van der Waals surface area contributed by atoms with Crippen molar-refractivity contribution < 1.29 is 0 Å². The highest BCUT2D eigenvalue weighted by Crippen LogP contribution is 2.35. The molecule has 0 aromatic heterocycles. The number of piperidine rings is 1. The summed E-state index contributed by atoms with van der Waals surface area (Å²) in [5.74, 6) is 0.759. The van der Waals surface area contributed by atoms with Gasteiger partial charge in [-0.1, -0.05) is 40.2 Å². The third-order valence-electron chi connectivity index (χ3n) is 5.42. The van der Waals surface area contributed by atoms with Crippen LogP contribution < -0.4 is 10.6 Å². The summed E-state index contributed by atoms with van der Waals surface area (Å²) in [5, 5.41) is 6.85. The molecule has 2 fully saturated rings. The summed E-state index contributed by atoms with van der Waals surface area (Å²) < 4.78 is 0. The number of hydrogen-bond donors (Lipinski definition) is 2. The topological polar surface area (TPSA) is 39.7 Å². The zero-order chi connectivity index (χ0) is 19.8. The van der Waals surface area contributed by atoms with Gasteiger partial charge in [0.15, 0.2) is 0 Å². The van der Waals surface area contributed by atoms with Crippen molar-refractivity contribution >= 4 is 6.21 Å². The first-order valence-electron chi connectivity index (χ1n) is 11.3. The minimum Gasteiger partial charge on any atom is -0.391 e. The molecule has 4 heteroatoms. The maximum atomic E-state index is 4.50. The minimum absolute atomic E-state index is 0.659. The van der Waals surface area contributed by atoms with Gasteiger partial charge < -0.3 is 15.5 Å². The van der Waals surface area contributed by atoms with Gasteiger partial charge in [0.2, 0.25) is 0 Å². The van der Waals surface area contributed by atoms with Crippen molar-refractivity contribution in [3.05, 3.63) is 24.4 Å². The molecule has 0 radical (unpaired) electrons. The molecule has 0 aromatic carbocycles. The van der Waals surface area contributed by atoms with Crippen molar-refractivity contribution in [3.8, 4) is 0 Å². The van der Waals surface area contributed by atoms with E-state index < -0.39 is 0 Å². The summed E-state index contributed by atoms with van der Waals surface area (Å²) in [6.45, 7) is 16.6. The van der Waals surface area contributed by atoms with Crippen LogP contribution in [0, 0.1) is 11.3 Å². The van der Waals surface area contributed by atoms with E-state index in [9.17, 15) is 0 Å². The monoisotopic (exact) mass is 376 g/mol. The number of likely N-dealkylation sites (tertiary alicyclic amines) is 1. The Morgan fingerprint density at radius 3 is 2.37 bits per heavy atom. The lowest BCUT2D eigenvalue weighted by molar-refractivity contribution is 0.0471. The average molecular weight is 377 g/mol. The normalized spacial score (nSPS) is 27.2. The Bertz CT molecular complexity index is 428. The van der Waals surface area contributed by atoms with Crippen molar-refractivity contribution in [1.29, 1.82) is 0 Å². The molecule has 3 aliphatic heterocycles. The first-order chi connectivity index (χ1) is 13.3. The summed E-state index contributed by atoms with van der Waals surface area (Å²) in [6, 6.07) is 0. The third-order valence-corrected chi connectivity index (χ3v) is 5.42. The maximum absolute atomic E-state index is 4.50. The molecule has 3 heterocycles. The lowest BCUT2D eigenvalue weighted by Crippen LogP contribution is -2.58. The summed E-state index contributed by atoms with van der Waals surface area (Å²) in [4.78, 5) is 7.19. The van der Waals surface area contributed by atoms with Crippen molar-refractivity contribution in [3.63, 3.8) is 0 Å². The minimum atomic E-state index is 0.659. The summed E-state index contributed by atoms with van der Waals surface area (Å²) in [6.07, 6.45) is 16.5. The fraction of sp³-hybridized carbons (Fsp3) is 0.783. The Kier molecular flexibility index (Phi) is 13.2. The fourth-order valence-corrected chi connectivity index (χ4v) is 3.73. The molecule has 1 unspecified atom stereocenters. The molecular formula is C23H44N4. The number of nitrogens with one attached hydrogen (secondary N) is 2. The Labute approximate surface area is 168 Å². The van der Waals surface area contributed by atoms with Gasteiger partial charge in [-0.25, -0.2) is 0 Å². The highest BCUT2D eigenvalue weighted by molar-refractivity contribution is 5.71. The van der Waals surface area contributed by atoms with E-state index in [-0.39, 0.29) is 0 Å². The molecule has 0 saturated carbocycles. The largest absolute Gasteiger partial charge is 0.391 e. The van der Waals surface area contributed by atoms with Crippen molar-refractivity contribution in [2.24, 2.45) is 16.3 Å². The molecule has 0 bridgehead atoms. The van der Waals surface area contributed by atoms with Crippen LogP contribution in [-0.4, -0.2) is 56.9 Å². The molecule has 3 rings (SSSR count). The molecule has 27 heavy (non-hydrogen) atoms. The van der Waals surface area contributed by atoms with Gasteiger partial charge in [-0.05, 0) is 68.5 Å². The van der Waals surface area contributed by atoms with Gasteiger partial charge in [0.05, 0.1) is 0 Å². The number of rotatable bonds is 2. The second-order valence-corrected chi connectivity index (χ2v) is 7.81. The van der Waals surface area contributed by atoms with Crippen molar-refractivity contribution in [1.82, 2.24) is 15.5 Å². The molecule has 0 amide bonds. The smallest absolute Gasteiger partial charge is 0.0392 e. The second kappa shape index (κ2) is 14.9. The van der Waals surface area contributed by atoms with E-state index in [2.05, 4.69) is 34.4 Å². The highest BCUT2D eigenvalue weighted by Gasteiger charge is 2.39. The first-order valence-corrected chi connectivity index (χ1v) is 11.3. The van der Waals surface area contributed by atoms with Crippen LogP contribution in [0.1, 0.15) is 59.8 Å². The van der Waals surface area contributed by atoms with Gasteiger partial charge in [-0.2, -0.15) is 0 Å². The van der Waals surface area contributed by atoms with Gasteiger partial charge in [-0.15, -0.1) is 0 Å². The fourth-order valence-electron chi connectivity index (χ4n) is 3.73. The third kappa shape index (κ3) is 9.57.